The van der Waals surface area contributed by atoms with Gasteiger partial charge < -0.3 is 20.1 Å². The lowest BCUT2D eigenvalue weighted by Crippen LogP contribution is -2.44. The molecule has 0 aliphatic carbocycles. The fourth-order valence-electron chi connectivity index (χ4n) is 1.92. The number of nitrogen functional groups attached to an aromatic ring is 1. The molecule has 1 aromatic heterocycles. The van der Waals surface area contributed by atoms with Crippen molar-refractivity contribution in [3.05, 3.63) is 11.5 Å². The first-order valence-electron chi connectivity index (χ1n) is 5.81. The Labute approximate surface area is 115 Å². The first-order chi connectivity index (χ1) is 9.11. The molecule has 2 rings (SSSR count). The SMILES string of the molecule is COC(=O)CC1CN(c2ncnc(Cl)c2N)CCO1. The smallest absolute Gasteiger partial charge is 0.308 e. The number of ether oxygens (including phenoxy) is 2. The van der Waals surface area contributed by atoms with E-state index in [0.29, 0.717) is 31.2 Å². The highest BCUT2D eigenvalue weighted by Crippen LogP contribution is 2.27. The average molecular weight is 287 g/mol. The maximum Gasteiger partial charge on any atom is 0.308 e. The van der Waals surface area contributed by atoms with E-state index in [2.05, 4.69) is 14.7 Å². The largest absolute Gasteiger partial charge is 0.469 e. The van der Waals surface area contributed by atoms with Crippen molar-refractivity contribution in [2.24, 2.45) is 0 Å². The summed E-state index contributed by atoms with van der Waals surface area (Å²) in [4.78, 5) is 21.1. The van der Waals surface area contributed by atoms with Crippen LogP contribution >= 0.6 is 11.6 Å². The number of nitrogens with zero attached hydrogens (tertiary/aromatic N) is 3. The summed E-state index contributed by atoms with van der Waals surface area (Å²) in [5.74, 6) is 0.263. The normalized spacial score (nSPS) is 19.3. The van der Waals surface area contributed by atoms with Gasteiger partial charge in [0, 0.05) is 13.1 Å². The molecule has 2 heterocycles. The zero-order chi connectivity index (χ0) is 13.8. The van der Waals surface area contributed by atoms with Gasteiger partial charge in [-0.05, 0) is 0 Å². The third-order valence-corrected chi connectivity index (χ3v) is 3.18. The molecule has 104 valence electrons. The number of aromatic nitrogens is 2. The molecular weight excluding hydrogens is 272 g/mol. The number of hydrogen-bond donors (Lipinski definition) is 1. The van der Waals surface area contributed by atoms with E-state index in [1.165, 1.54) is 13.4 Å². The van der Waals surface area contributed by atoms with Crippen LogP contribution in [0, 0.1) is 0 Å². The molecular formula is C11H15ClN4O3. The number of hydrogen-bond acceptors (Lipinski definition) is 7. The Morgan fingerprint density at radius 1 is 1.68 bits per heavy atom. The summed E-state index contributed by atoms with van der Waals surface area (Å²) in [5.41, 5.74) is 6.19. The van der Waals surface area contributed by atoms with E-state index in [1.807, 2.05) is 4.90 Å². The Morgan fingerprint density at radius 3 is 3.21 bits per heavy atom. The Bertz CT molecular complexity index is 471. The summed E-state index contributed by atoms with van der Waals surface area (Å²) in [6.45, 7) is 1.63. The maximum absolute atomic E-state index is 11.3. The number of carbonyl (C=O) groups excluding carboxylic acids is 1. The molecule has 7 nitrogen and oxygen atoms in total. The second-order valence-electron chi connectivity index (χ2n) is 4.12. The van der Waals surface area contributed by atoms with Crippen molar-refractivity contribution in [1.29, 1.82) is 0 Å². The number of halogens is 1. The number of anilines is 2. The molecule has 1 aliphatic heterocycles. The minimum atomic E-state index is -0.305. The Hall–Kier alpha value is -1.60. The molecule has 0 spiro atoms. The summed E-state index contributed by atoms with van der Waals surface area (Å²) in [5, 5.41) is 0.223. The van der Waals surface area contributed by atoms with Crippen LogP contribution in [0.3, 0.4) is 0 Å². The van der Waals surface area contributed by atoms with Gasteiger partial charge in [-0.2, -0.15) is 0 Å². The van der Waals surface area contributed by atoms with Crippen LogP contribution in [0.5, 0.6) is 0 Å². The summed E-state index contributed by atoms with van der Waals surface area (Å²) in [7, 11) is 1.35. The lowest BCUT2D eigenvalue weighted by molar-refractivity contribution is -0.144. The second kappa shape index (κ2) is 6.03. The highest BCUT2D eigenvalue weighted by atomic mass is 35.5. The van der Waals surface area contributed by atoms with Gasteiger partial charge in [0.25, 0.3) is 0 Å². The van der Waals surface area contributed by atoms with Crippen molar-refractivity contribution in [3.63, 3.8) is 0 Å². The number of nitrogens with two attached hydrogens (primary N) is 1. The van der Waals surface area contributed by atoms with Gasteiger partial charge in [-0.15, -0.1) is 0 Å². The van der Waals surface area contributed by atoms with Crippen molar-refractivity contribution in [2.75, 3.05) is 37.4 Å². The fourth-order valence-corrected chi connectivity index (χ4v) is 2.05. The standard InChI is InChI=1S/C11H15ClN4O3/c1-18-8(17)4-7-5-16(2-3-19-7)11-9(13)10(12)14-6-15-11/h6-7H,2-5,13H2,1H3. The quantitative estimate of drug-likeness (QED) is 0.638. The predicted molar refractivity (Wildman–Crippen MR) is 70.0 cm³/mol. The number of methoxy groups -OCH3 is 1. The lowest BCUT2D eigenvalue weighted by atomic mass is 10.2. The van der Waals surface area contributed by atoms with Gasteiger partial charge in [0.2, 0.25) is 0 Å². The number of morpholine rings is 1. The van der Waals surface area contributed by atoms with Gasteiger partial charge in [-0.25, -0.2) is 9.97 Å². The van der Waals surface area contributed by atoms with Crippen LogP contribution in [0.1, 0.15) is 6.42 Å². The highest BCUT2D eigenvalue weighted by molar-refractivity contribution is 6.32. The van der Waals surface area contributed by atoms with Gasteiger partial charge >= 0.3 is 5.97 Å². The third-order valence-electron chi connectivity index (χ3n) is 2.87. The van der Waals surface area contributed by atoms with Crippen molar-refractivity contribution >= 4 is 29.1 Å². The lowest BCUT2D eigenvalue weighted by Gasteiger charge is -2.33. The summed E-state index contributed by atoms with van der Waals surface area (Å²) < 4.78 is 10.1. The summed E-state index contributed by atoms with van der Waals surface area (Å²) in [6, 6.07) is 0. The molecule has 2 N–H and O–H groups in total. The highest BCUT2D eigenvalue weighted by Gasteiger charge is 2.25. The number of esters is 1. The minimum absolute atomic E-state index is 0.200. The second-order valence-corrected chi connectivity index (χ2v) is 4.48. The molecule has 0 bridgehead atoms. The van der Waals surface area contributed by atoms with Gasteiger partial charge in [0.15, 0.2) is 11.0 Å². The Morgan fingerprint density at radius 2 is 2.47 bits per heavy atom. The van der Waals surface area contributed by atoms with Crippen LogP contribution in [0.25, 0.3) is 0 Å². The van der Waals surface area contributed by atoms with Crippen molar-refractivity contribution in [1.82, 2.24) is 9.97 Å². The van der Waals surface area contributed by atoms with E-state index in [-0.39, 0.29) is 23.6 Å². The number of rotatable bonds is 3. The summed E-state index contributed by atoms with van der Waals surface area (Å²) >= 11 is 5.87. The zero-order valence-electron chi connectivity index (χ0n) is 10.5. The zero-order valence-corrected chi connectivity index (χ0v) is 11.3. The van der Waals surface area contributed by atoms with Gasteiger partial charge in [-0.3, -0.25) is 4.79 Å². The van der Waals surface area contributed by atoms with Crippen LogP contribution in [-0.2, 0) is 14.3 Å². The molecule has 0 amide bonds. The Balaban J connectivity index is 2.08. The average Bonchev–Trinajstić information content (AvgIpc) is 2.42. The molecule has 0 saturated carbocycles. The van der Waals surface area contributed by atoms with E-state index in [1.54, 1.807) is 0 Å². The van der Waals surface area contributed by atoms with Crippen molar-refractivity contribution in [2.45, 2.75) is 12.5 Å². The molecule has 1 aliphatic rings. The van der Waals surface area contributed by atoms with E-state index >= 15 is 0 Å². The molecule has 8 heteroatoms. The first-order valence-corrected chi connectivity index (χ1v) is 6.19. The Kier molecular flexibility index (Phi) is 4.39. The first kappa shape index (κ1) is 13.8. The summed E-state index contributed by atoms with van der Waals surface area (Å²) in [6.07, 6.45) is 1.32. The molecule has 1 saturated heterocycles. The molecule has 0 radical (unpaired) electrons. The molecule has 1 aromatic rings. The maximum atomic E-state index is 11.3. The molecule has 1 atom stereocenters. The predicted octanol–water partition coefficient (Wildman–Crippen LogP) is 0.480. The molecule has 19 heavy (non-hydrogen) atoms. The monoisotopic (exact) mass is 286 g/mol. The number of carbonyl (C=O) groups is 1. The van der Waals surface area contributed by atoms with E-state index in [4.69, 9.17) is 22.1 Å². The molecule has 1 unspecified atom stereocenters. The van der Waals surface area contributed by atoms with Crippen LogP contribution in [-0.4, -0.2) is 48.8 Å². The molecule has 1 fully saturated rings. The van der Waals surface area contributed by atoms with Gasteiger partial charge in [0.05, 0.1) is 26.2 Å². The van der Waals surface area contributed by atoms with Gasteiger partial charge in [-0.1, -0.05) is 11.6 Å². The molecule has 0 aromatic carbocycles. The topological polar surface area (TPSA) is 90.6 Å². The van der Waals surface area contributed by atoms with Crippen molar-refractivity contribution in [3.8, 4) is 0 Å². The van der Waals surface area contributed by atoms with E-state index < -0.39 is 0 Å². The van der Waals surface area contributed by atoms with Crippen LogP contribution in [0.4, 0.5) is 11.5 Å². The van der Waals surface area contributed by atoms with E-state index in [0.717, 1.165) is 0 Å². The van der Waals surface area contributed by atoms with Gasteiger partial charge in [0.1, 0.15) is 12.0 Å². The minimum Gasteiger partial charge on any atom is -0.469 e. The fraction of sp³-hybridized carbons (Fsp3) is 0.545. The third kappa shape index (κ3) is 3.24. The van der Waals surface area contributed by atoms with E-state index in [9.17, 15) is 4.79 Å². The van der Waals surface area contributed by atoms with Crippen molar-refractivity contribution < 1.29 is 14.3 Å². The van der Waals surface area contributed by atoms with Crippen LogP contribution in [0.2, 0.25) is 5.15 Å². The van der Waals surface area contributed by atoms with Crippen LogP contribution < -0.4 is 10.6 Å². The van der Waals surface area contributed by atoms with Crippen LogP contribution in [0.15, 0.2) is 6.33 Å².